The van der Waals surface area contributed by atoms with Crippen LogP contribution in [0.3, 0.4) is 0 Å². The van der Waals surface area contributed by atoms with Crippen LogP contribution in [0.5, 0.6) is 0 Å². The molecule has 0 spiro atoms. The fraction of sp³-hybridized carbons (Fsp3) is 0.0444. The first-order valence-corrected chi connectivity index (χ1v) is 17.6. The lowest BCUT2D eigenvalue weighted by Crippen LogP contribution is -2.44. The van der Waals surface area contributed by atoms with Crippen LogP contribution in [0, 0.1) is 0 Å². The minimum atomic E-state index is -0.235. The van der Waals surface area contributed by atoms with Crippen molar-refractivity contribution >= 4 is 69.7 Å². The van der Waals surface area contributed by atoms with Crippen molar-refractivity contribution < 1.29 is 0 Å². The number of amidine groups is 1. The number of hydrogen-bond acceptors (Lipinski definition) is 4. The maximum absolute atomic E-state index is 5.34. The lowest BCUT2D eigenvalue weighted by Gasteiger charge is -2.32. The highest BCUT2D eigenvalue weighted by Gasteiger charge is 2.26. The molecule has 0 amide bonds. The van der Waals surface area contributed by atoms with Crippen molar-refractivity contribution in [3.63, 3.8) is 0 Å². The van der Waals surface area contributed by atoms with E-state index in [0.29, 0.717) is 0 Å². The predicted octanol–water partition coefficient (Wildman–Crippen LogP) is 11.5. The molecule has 9 aromatic rings. The minimum Gasteiger partial charge on any atom is -0.350 e. The molecule has 2 unspecified atom stereocenters. The SMILES string of the molecule is c1ccc(-c2ccc(C3NC(c4ccc5sc6ccccc6c5c4)=NC(c4ccc5c(ccc6c7ccccc7ccc56)c4)N3)cc2)cc1. The monoisotopic (exact) mass is 645 g/mol. The van der Waals surface area contributed by atoms with E-state index in [0.717, 1.165) is 22.5 Å². The van der Waals surface area contributed by atoms with Crippen LogP contribution in [0.25, 0.3) is 63.6 Å². The Morgan fingerprint density at radius 1 is 0.429 bits per heavy atom. The lowest BCUT2D eigenvalue weighted by atomic mass is 9.95. The molecule has 0 saturated carbocycles. The fourth-order valence-corrected chi connectivity index (χ4v) is 8.52. The maximum atomic E-state index is 5.34. The minimum absolute atomic E-state index is 0.129. The standard InChI is InChI=1S/C45H31N3S/c1-2-8-28(9-3-1)29-14-16-31(17-15-29)43-46-44(48-45(47-43)34-21-25-42-40(27-34)39-12-6-7-13-41(39)49-42)33-20-22-36-32(26-33)19-24-37-35-11-5-4-10-30(35)18-23-38(36)37/h1-27,43-44,46H,(H,47,48). The summed E-state index contributed by atoms with van der Waals surface area (Å²) in [7, 11) is 0. The number of benzene rings is 8. The van der Waals surface area contributed by atoms with Gasteiger partial charge in [0.2, 0.25) is 0 Å². The summed E-state index contributed by atoms with van der Waals surface area (Å²) in [5.74, 6) is 0.892. The maximum Gasteiger partial charge on any atom is 0.131 e. The Labute approximate surface area is 288 Å². The van der Waals surface area contributed by atoms with E-state index in [1.807, 2.05) is 11.3 Å². The van der Waals surface area contributed by atoms with Crippen molar-refractivity contribution in [1.82, 2.24) is 10.6 Å². The van der Waals surface area contributed by atoms with Crippen LogP contribution in [-0.4, -0.2) is 5.84 Å². The van der Waals surface area contributed by atoms with Gasteiger partial charge in [0.1, 0.15) is 18.2 Å². The van der Waals surface area contributed by atoms with Gasteiger partial charge in [-0.2, -0.15) is 0 Å². The summed E-state index contributed by atoms with van der Waals surface area (Å²) < 4.78 is 2.60. The van der Waals surface area contributed by atoms with Gasteiger partial charge in [0.05, 0.1) is 0 Å². The molecule has 1 aliphatic heterocycles. The van der Waals surface area contributed by atoms with Gasteiger partial charge < -0.3 is 5.32 Å². The Balaban J connectivity index is 1.08. The summed E-state index contributed by atoms with van der Waals surface area (Å²) in [5.41, 5.74) is 5.81. The third-order valence-corrected chi connectivity index (χ3v) is 11.1. The van der Waals surface area contributed by atoms with Gasteiger partial charge in [0, 0.05) is 25.7 Å². The Morgan fingerprint density at radius 3 is 1.92 bits per heavy atom. The van der Waals surface area contributed by atoms with Crippen molar-refractivity contribution in [3.8, 4) is 11.1 Å². The largest absolute Gasteiger partial charge is 0.350 e. The van der Waals surface area contributed by atoms with Crippen molar-refractivity contribution in [2.24, 2.45) is 4.99 Å². The summed E-state index contributed by atoms with van der Waals surface area (Å²) >= 11 is 1.84. The first-order valence-electron chi connectivity index (χ1n) is 16.8. The molecule has 1 aromatic heterocycles. The number of aliphatic imine (C=N–C) groups is 1. The Morgan fingerprint density at radius 2 is 1.06 bits per heavy atom. The van der Waals surface area contributed by atoms with Crippen LogP contribution in [0.15, 0.2) is 169 Å². The Hall–Kier alpha value is -5.81. The molecule has 0 radical (unpaired) electrons. The molecular weight excluding hydrogens is 615 g/mol. The highest BCUT2D eigenvalue weighted by molar-refractivity contribution is 7.25. The number of nitrogens with zero attached hydrogens (tertiary/aromatic N) is 1. The summed E-state index contributed by atoms with van der Waals surface area (Å²) in [6.45, 7) is 0. The molecule has 2 heterocycles. The lowest BCUT2D eigenvalue weighted by molar-refractivity contribution is 0.409. The second-order valence-electron chi connectivity index (χ2n) is 12.8. The van der Waals surface area contributed by atoms with E-state index in [2.05, 4.69) is 174 Å². The summed E-state index contributed by atoms with van der Waals surface area (Å²) in [4.78, 5) is 5.34. The van der Waals surface area contributed by atoms with Crippen molar-refractivity contribution in [2.45, 2.75) is 12.3 Å². The first kappa shape index (κ1) is 28.2. The van der Waals surface area contributed by atoms with E-state index in [1.165, 1.54) is 63.6 Å². The van der Waals surface area contributed by atoms with Gasteiger partial charge in [-0.05, 0) is 84.9 Å². The molecule has 49 heavy (non-hydrogen) atoms. The molecule has 2 N–H and O–H groups in total. The van der Waals surface area contributed by atoms with Crippen LogP contribution in [0.2, 0.25) is 0 Å². The van der Waals surface area contributed by atoms with E-state index >= 15 is 0 Å². The first-order chi connectivity index (χ1) is 24.2. The zero-order valence-electron chi connectivity index (χ0n) is 26.6. The summed E-state index contributed by atoms with van der Waals surface area (Å²) in [6.07, 6.45) is -0.363. The molecule has 2 atom stereocenters. The van der Waals surface area contributed by atoms with E-state index < -0.39 is 0 Å². The van der Waals surface area contributed by atoms with E-state index in [9.17, 15) is 0 Å². The topological polar surface area (TPSA) is 36.4 Å². The van der Waals surface area contributed by atoms with Crippen molar-refractivity contribution in [2.75, 3.05) is 0 Å². The molecule has 8 aromatic carbocycles. The van der Waals surface area contributed by atoms with E-state index in [4.69, 9.17) is 4.99 Å². The molecule has 10 rings (SSSR count). The van der Waals surface area contributed by atoms with Crippen LogP contribution in [0.4, 0.5) is 0 Å². The van der Waals surface area contributed by atoms with E-state index in [-0.39, 0.29) is 12.3 Å². The van der Waals surface area contributed by atoms with E-state index in [1.54, 1.807) is 0 Å². The second kappa shape index (κ2) is 11.4. The molecule has 1 aliphatic rings. The van der Waals surface area contributed by atoms with Gasteiger partial charge in [-0.25, -0.2) is 4.99 Å². The number of rotatable bonds is 4. The summed E-state index contributed by atoms with van der Waals surface area (Å²) in [5, 5.41) is 17.8. The molecular formula is C45H31N3S. The number of fused-ring (bicyclic) bond motifs is 8. The molecule has 232 valence electrons. The highest BCUT2D eigenvalue weighted by atomic mass is 32.1. The van der Waals surface area contributed by atoms with Gasteiger partial charge in [0.15, 0.2) is 0 Å². The quantitative estimate of drug-likeness (QED) is 0.187. The number of hydrogen-bond donors (Lipinski definition) is 2. The molecule has 0 saturated heterocycles. The molecule has 0 aliphatic carbocycles. The van der Waals surface area contributed by atoms with Gasteiger partial charge in [-0.1, -0.05) is 133 Å². The van der Waals surface area contributed by atoms with Crippen LogP contribution < -0.4 is 10.6 Å². The molecule has 0 fully saturated rings. The van der Waals surface area contributed by atoms with Crippen LogP contribution in [-0.2, 0) is 0 Å². The van der Waals surface area contributed by atoms with Gasteiger partial charge in [-0.15, -0.1) is 11.3 Å². The third-order valence-electron chi connectivity index (χ3n) is 9.95. The molecule has 3 nitrogen and oxygen atoms in total. The predicted molar refractivity (Wildman–Crippen MR) is 208 cm³/mol. The Kier molecular flexibility index (Phi) is 6.57. The van der Waals surface area contributed by atoms with Crippen LogP contribution in [0.1, 0.15) is 29.0 Å². The average molecular weight is 646 g/mol. The smallest absolute Gasteiger partial charge is 0.131 e. The zero-order valence-corrected chi connectivity index (χ0v) is 27.4. The molecule has 4 heteroatoms. The normalized spacial score (nSPS) is 16.4. The fourth-order valence-electron chi connectivity index (χ4n) is 7.44. The Bertz CT molecular complexity index is 2730. The second-order valence-corrected chi connectivity index (χ2v) is 13.9. The van der Waals surface area contributed by atoms with Gasteiger partial charge in [0.25, 0.3) is 0 Å². The van der Waals surface area contributed by atoms with Gasteiger partial charge in [-0.3, -0.25) is 5.32 Å². The highest BCUT2D eigenvalue weighted by Crippen LogP contribution is 2.36. The van der Waals surface area contributed by atoms with Crippen LogP contribution >= 0.6 is 11.3 Å². The zero-order chi connectivity index (χ0) is 32.3. The average Bonchev–Trinajstić information content (AvgIpc) is 3.56. The number of thiophene rings is 1. The van der Waals surface area contributed by atoms with Gasteiger partial charge >= 0.3 is 0 Å². The number of nitrogens with one attached hydrogen (secondary N) is 2. The molecule has 0 bridgehead atoms. The third kappa shape index (κ3) is 4.88. The summed E-state index contributed by atoms with van der Waals surface area (Å²) in [6, 6.07) is 59.3. The van der Waals surface area contributed by atoms with Crippen molar-refractivity contribution in [3.05, 3.63) is 180 Å². The van der Waals surface area contributed by atoms with Crippen molar-refractivity contribution in [1.29, 1.82) is 0 Å².